The molecule has 25 heavy (non-hydrogen) atoms. The van der Waals surface area contributed by atoms with E-state index < -0.39 is 41.1 Å². The molecule has 0 aliphatic rings. The summed E-state index contributed by atoms with van der Waals surface area (Å²) >= 11 is 12.0. The van der Waals surface area contributed by atoms with Crippen molar-refractivity contribution < 1.29 is 14.3 Å². The average molecular weight is 387 g/mol. The van der Waals surface area contributed by atoms with Gasteiger partial charge in [-0.1, -0.05) is 29.3 Å². The maximum absolute atomic E-state index is 11.9. The van der Waals surface area contributed by atoms with Gasteiger partial charge >= 0.3 is 11.7 Å². The van der Waals surface area contributed by atoms with Crippen molar-refractivity contribution in [3.63, 3.8) is 0 Å². The number of nitrogen functional groups attached to an aromatic ring is 1. The molecule has 0 radical (unpaired) electrons. The minimum absolute atomic E-state index is 0.174. The SMILES string of the molecule is Cc1ccc(Cl)c(NC(=O)COC(=O)c2[nH]c(=O)[nH]c(=O)c2N)c1Cl. The number of hydrogen-bond acceptors (Lipinski definition) is 6. The molecule has 0 aliphatic carbocycles. The molecule has 0 atom stereocenters. The monoisotopic (exact) mass is 386 g/mol. The number of nitrogens with two attached hydrogens (primary N) is 1. The number of carbonyl (C=O) groups is 2. The quantitative estimate of drug-likeness (QED) is 0.577. The third-order valence-electron chi connectivity index (χ3n) is 3.07. The van der Waals surface area contributed by atoms with E-state index in [2.05, 4.69) is 5.32 Å². The van der Waals surface area contributed by atoms with Crippen LogP contribution in [-0.2, 0) is 9.53 Å². The van der Waals surface area contributed by atoms with Gasteiger partial charge in [0.1, 0.15) is 5.69 Å². The fourth-order valence-electron chi connectivity index (χ4n) is 1.81. The average Bonchev–Trinajstić information content (AvgIpc) is 2.56. The lowest BCUT2D eigenvalue weighted by molar-refractivity contribution is -0.119. The number of carbonyl (C=O) groups excluding carboxylic acids is 2. The van der Waals surface area contributed by atoms with Gasteiger partial charge in [0.25, 0.3) is 11.5 Å². The van der Waals surface area contributed by atoms with E-state index in [0.29, 0.717) is 5.56 Å². The third kappa shape index (κ3) is 4.20. The van der Waals surface area contributed by atoms with Crippen molar-refractivity contribution >= 4 is 46.5 Å². The van der Waals surface area contributed by atoms with Gasteiger partial charge in [0.15, 0.2) is 12.3 Å². The predicted molar refractivity (Wildman–Crippen MR) is 92.2 cm³/mol. The largest absolute Gasteiger partial charge is 0.451 e. The number of nitrogens with one attached hydrogen (secondary N) is 3. The first-order valence-electron chi connectivity index (χ1n) is 6.74. The Morgan fingerprint density at radius 3 is 2.60 bits per heavy atom. The van der Waals surface area contributed by atoms with E-state index in [4.69, 9.17) is 33.7 Å². The molecule has 0 saturated heterocycles. The number of H-pyrrole nitrogens is 2. The highest BCUT2D eigenvalue weighted by molar-refractivity contribution is 6.40. The lowest BCUT2D eigenvalue weighted by Gasteiger charge is -2.11. The zero-order chi connectivity index (χ0) is 18.7. The Morgan fingerprint density at radius 2 is 1.92 bits per heavy atom. The molecule has 2 rings (SSSR count). The highest BCUT2D eigenvalue weighted by Gasteiger charge is 2.18. The topological polar surface area (TPSA) is 147 Å². The molecular weight excluding hydrogens is 375 g/mol. The number of esters is 1. The number of rotatable bonds is 4. The van der Waals surface area contributed by atoms with Gasteiger partial charge in [0, 0.05) is 0 Å². The van der Waals surface area contributed by atoms with Crippen LogP contribution in [0.4, 0.5) is 11.4 Å². The van der Waals surface area contributed by atoms with Crippen LogP contribution in [0.5, 0.6) is 0 Å². The van der Waals surface area contributed by atoms with E-state index in [1.165, 1.54) is 0 Å². The van der Waals surface area contributed by atoms with Gasteiger partial charge in [0.2, 0.25) is 0 Å². The van der Waals surface area contributed by atoms with Crippen LogP contribution in [0.2, 0.25) is 10.0 Å². The van der Waals surface area contributed by atoms with Gasteiger partial charge in [-0.3, -0.25) is 19.6 Å². The van der Waals surface area contributed by atoms with Crippen LogP contribution in [0.3, 0.4) is 0 Å². The Balaban J connectivity index is 2.09. The van der Waals surface area contributed by atoms with Gasteiger partial charge < -0.3 is 15.8 Å². The second-order valence-electron chi connectivity index (χ2n) is 4.87. The van der Waals surface area contributed by atoms with Crippen molar-refractivity contribution in [1.29, 1.82) is 0 Å². The Kier molecular flexibility index (Phi) is 5.50. The van der Waals surface area contributed by atoms with Crippen molar-refractivity contribution in [2.45, 2.75) is 6.92 Å². The molecule has 2 aromatic rings. The van der Waals surface area contributed by atoms with Gasteiger partial charge in [-0.15, -0.1) is 0 Å². The number of aryl methyl sites for hydroxylation is 1. The Bertz CT molecular complexity index is 967. The maximum Gasteiger partial charge on any atom is 0.357 e. The first-order chi connectivity index (χ1) is 11.7. The molecule has 0 bridgehead atoms. The molecule has 0 spiro atoms. The summed E-state index contributed by atoms with van der Waals surface area (Å²) in [7, 11) is 0. The lowest BCUT2D eigenvalue weighted by atomic mass is 10.2. The molecule has 0 fully saturated rings. The standard InChI is InChI=1S/C14H12Cl2N4O5/c1-5-2-3-6(15)10(8(5)16)18-7(21)4-25-13(23)11-9(17)12(22)20-14(24)19-11/h2-3H,4,17H2,1H3,(H,18,21)(H2,19,20,22,24). The van der Waals surface area contributed by atoms with E-state index in [1.54, 1.807) is 19.1 Å². The molecule has 1 heterocycles. The van der Waals surface area contributed by atoms with Crippen molar-refractivity contribution in [3.05, 3.63) is 54.3 Å². The maximum atomic E-state index is 11.9. The Morgan fingerprint density at radius 1 is 1.24 bits per heavy atom. The highest BCUT2D eigenvalue weighted by atomic mass is 35.5. The van der Waals surface area contributed by atoms with Crippen molar-refractivity contribution in [3.8, 4) is 0 Å². The molecule has 0 saturated carbocycles. The number of aromatic nitrogens is 2. The fourth-order valence-corrected chi connectivity index (χ4v) is 2.27. The zero-order valence-corrected chi connectivity index (χ0v) is 14.2. The van der Waals surface area contributed by atoms with Gasteiger partial charge in [-0.05, 0) is 18.6 Å². The lowest BCUT2D eigenvalue weighted by Crippen LogP contribution is -2.30. The summed E-state index contributed by atoms with van der Waals surface area (Å²) in [5, 5.41) is 2.86. The fraction of sp³-hybridized carbons (Fsp3) is 0.143. The van der Waals surface area contributed by atoms with E-state index >= 15 is 0 Å². The van der Waals surface area contributed by atoms with E-state index in [1.807, 2.05) is 9.97 Å². The van der Waals surface area contributed by atoms with Gasteiger partial charge in [-0.25, -0.2) is 9.59 Å². The van der Waals surface area contributed by atoms with Crippen LogP contribution in [0, 0.1) is 6.92 Å². The van der Waals surface area contributed by atoms with Crippen molar-refractivity contribution in [1.82, 2.24) is 9.97 Å². The minimum Gasteiger partial charge on any atom is -0.451 e. The summed E-state index contributed by atoms with van der Waals surface area (Å²) < 4.78 is 4.72. The summed E-state index contributed by atoms with van der Waals surface area (Å²) in [5.74, 6) is -1.87. The van der Waals surface area contributed by atoms with Crippen LogP contribution >= 0.6 is 23.2 Å². The number of ether oxygens (including phenoxy) is 1. The molecular formula is C14H12Cl2N4O5. The second kappa shape index (κ2) is 7.41. The first kappa shape index (κ1) is 18.6. The summed E-state index contributed by atoms with van der Waals surface area (Å²) in [6.45, 7) is 1.01. The summed E-state index contributed by atoms with van der Waals surface area (Å²) in [6.07, 6.45) is 0. The first-order valence-corrected chi connectivity index (χ1v) is 7.50. The molecule has 0 aliphatic heterocycles. The van der Waals surface area contributed by atoms with Gasteiger partial charge in [-0.2, -0.15) is 0 Å². The number of anilines is 2. The molecule has 11 heteroatoms. The third-order valence-corrected chi connectivity index (χ3v) is 3.87. The van der Waals surface area contributed by atoms with Crippen molar-refractivity contribution in [2.24, 2.45) is 0 Å². The number of benzene rings is 1. The molecule has 5 N–H and O–H groups in total. The molecule has 9 nitrogen and oxygen atoms in total. The van der Waals surface area contributed by atoms with Crippen LogP contribution in [0.1, 0.15) is 16.1 Å². The molecule has 1 aromatic carbocycles. The molecule has 0 unspecified atom stereocenters. The van der Waals surface area contributed by atoms with Crippen LogP contribution in [0.25, 0.3) is 0 Å². The van der Waals surface area contributed by atoms with Crippen LogP contribution < -0.4 is 22.3 Å². The number of hydrogen-bond donors (Lipinski definition) is 4. The highest BCUT2D eigenvalue weighted by Crippen LogP contribution is 2.32. The van der Waals surface area contributed by atoms with E-state index in [0.717, 1.165) is 0 Å². The van der Waals surface area contributed by atoms with Gasteiger partial charge in [0.05, 0.1) is 15.7 Å². The van der Waals surface area contributed by atoms with Crippen molar-refractivity contribution in [2.75, 3.05) is 17.7 Å². The number of halogens is 2. The normalized spacial score (nSPS) is 10.4. The summed E-state index contributed by atoms with van der Waals surface area (Å²) in [4.78, 5) is 50.1. The van der Waals surface area contributed by atoms with E-state index in [9.17, 15) is 19.2 Å². The Hall–Kier alpha value is -2.78. The molecule has 1 amide bonds. The minimum atomic E-state index is -1.14. The number of aromatic amines is 2. The van der Waals surface area contributed by atoms with Crippen LogP contribution in [-0.4, -0.2) is 28.5 Å². The second-order valence-corrected chi connectivity index (χ2v) is 5.66. The van der Waals surface area contributed by atoms with E-state index in [-0.39, 0.29) is 15.7 Å². The smallest absolute Gasteiger partial charge is 0.357 e. The number of amides is 1. The molecule has 132 valence electrons. The predicted octanol–water partition coefficient (Wildman–Crippen LogP) is 1.06. The van der Waals surface area contributed by atoms with Crippen LogP contribution in [0.15, 0.2) is 21.7 Å². The summed E-state index contributed by atoms with van der Waals surface area (Å²) in [5.41, 5.74) is 3.29. The Labute approximate surface area is 150 Å². The molecule has 1 aromatic heterocycles. The zero-order valence-electron chi connectivity index (χ0n) is 12.7. The summed E-state index contributed by atoms with van der Waals surface area (Å²) in [6, 6.07) is 3.22.